The van der Waals surface area contributed by atoms with Crippen molar-refractivity contribution in [3.05, 3.63) is 10.0 Å². The van der Waals surface area contributed by atoms with Crippen LogP contribution < -0.4 is 0 Å². The number of hydrogen-bond donors (Lipinski definition) is 0. The van der Waals surface area contributed by atoms with Crippen LogP contribution in [0.2, 0.25) is 0 Å². The first-order valence-corrected chi connectivity index (χ1v) is 8.42. The van der Waals surface area contributed by atoms with Gasteiger partial charge < -0.3 is 0 Å². The van der Waals surface area contributed by atoms with Gasteiger partial charge in [0.25, 0.3) is 0 Å². The molecule has 0 amide bonds. The Balaban J connectivity index is 1.54. The number of aromatic nitrogens is 2. The van der Waals surface area contributed by atoms with Gasteiger partial charge in [0.1, 0.15) is 10.0 Å². The summed E-state index contributed by atoms with van der Waals surface area (Å²) in [5.41, 5.74) is 0. The van der Waals surface area contributed by atoms with Gasteiger partial charge >= 0.3 is 10.4 Å². The molecule has 0 unspecified atom stereocenters. The van der Waals surface area contributed by atoms with E-state index in [1.807, 2.05) is 0 Å². The second kappa shape index (κ2) is 5.04. The smallest absolute Gasteiger partial charge is 0.294 e. The lowest BCUT2D eigenvalue weighted by Crippen LogP contribution is -2.47. The third-order valence-electron chi connectivity index (χ3n) is 3.41. The van der Waals surface area contributed by atoms with Gasteiger partial charge in [0.05, 0.1) is 6.54 Å². The maximum atomic E-state index is 12.8. The largest absolute Gasteiger partial charge is 0.374 e. The van der Waals surface area contributed by atoms with Crippen LogP contribution in [0.5, 0.6) is 0 Å². The van der Waals surface area contributed by atoms with Crippen LogP contribution in [-0.4, -0.2) is 54.0 Å². The standard InChI is InChI=1S/C10H15FN4O2S2/c11-19(16,17)15-5-3-14(4-6-15)7-9-12-13-10(18-9)8-1-2-8/h8H,1-7H2. The number of hydrogen-bond acceptors (Lipinski definition) is 6. The lowest BCUT2D eigenvalue weighted by atomic mass is 10.3. The van der Waals surface area contributed by atoms with Crippen molar-refractivity contribution in [3.8, 4) is 0 Å². The molecule has 1 saturated heterocycles. The summed E-state index contributed by atoms with van der Waals surface area (Å²) in [6.45, 7) is 2.13. The molecular weight excluding hydrogens is 291 g/mol. The highest BCUT2D eigenvalue weighted by molar-refractivity contribution is 7.83. The first kappa shape index (κ1) is 13.3. The number of halogens is 1. The third kappa shape index (κ3) is 3.28. The Morgan fingerprint density at radius 1 is 1.21 bits per heavy atom. The fourth-order valence-corrected chi connectivity index (χ4v) is 3.78. The predicted octanol–water partition coefficient (Wildman–Crippen LogP) is 0.747. The first-order valence-electron chi connectivity index (χ1n) is 6.27. The zero-order valence-corrected chi connectivity index (χ0v) is 12.0. The Hall–Kier alpha value is -0.640. The van der Waals surface area contributed by atoms with E-state index in [-0.39, 0.29) is 13.1 Å². The summed E-state index contributed by atoms with van der Waals surface area (Å²) < 4.78 is 35.2. The van der Waals surface area contributed by atoms with E-state index >= 15 is 0 Å². The number of nitrogens with zero attached hydrogens (tertiary/aromatic N) is 4. The lowest BCUT2D eigenvalue weighted by molar-refractivity contribution is 0.177. The summed E-state index contributed by atoms with van der Waals surface area (Å²) in [5.74, 6) is 0.611. The van der Waals surface area contributed by atoms with Gasteiger partial charge in [0, 0.05) is 32.1 Å². The van der Waals surface area contributed by atoms with Crippen LogP contribution >= 0.6 is 11.3 Å². The molecule has 6 nitrogen and oxygen atoms in total. The van der Waals surface area contributed by atoms with Gasteiger partial charge in [0.2, 0.25) is 0 Å². The molecule has 1 aromatic rings. The summed E-state index contributed by atoms with van der Waals surface area (Å²) in [6, 6.07) is 0. The SMILES string of the molecule is O=S(=O)(F)N1CCN(Cc2nnc(C3CC3)s2)CC1. The molecule has 9 heteroatoms. The van der Waals surface area contributed by atoms with Crippen molar-refractivity contribution in [1.82, 2.24) is 19.4 Å². The molecule has 2 fully saturated rings. The molecule has 0 aromatic carbocycles. The maximum Gasteiger partial charge on any atom is 0.374 e. The average Bonchev–Trinajstić information content (AvgIpc) is 3.10. The van der Waals surface area contributed by atoms with E-state index in [4.69, 9.17) is 0 Å². The van der Waals surface area contributed by atoms with Crippen molar-refractivity contribution >= 4 is 21.7 Å². The topological polar surface area (TPSA) is 66.4 Å². The minimum Gasteiger partial charge on any atom is -0.294 e. The van der Waals surface area contributed by atoms with Crippen molar-refractivity contribution in [2.75, 3.05) is 26.2 Å². The Morgan fingerprint density at radius 2 is 1.89 bits per heavy atom. The van der Waals surface area contributed by atoms with Crippen LogP contribution in [0.4, 0.5) is 3.89 Å². The summed E-state index contributed by atoms with van der Waals surface area (Å²) >= 11 is 1.63. The Bertz CT molecular complexity index is 550. The molecule has 0 atom stereocenters. The zero-order valence-electron chi connectivity index (χ0n) is 10.3. The van der Waals surface area contributed by atoms with Gasteiger partial charge in [-0.25, -0.2) is 0 Å². The highest BCUT2D eigenvalue weighted by Crippen LogP contribution is 2.41. The first-order chi connectivity index (χ1) is 9.02. The highest BCUT2D eigenvalue weighted by atomic mass is 32.3. The van der Waals surface area contributed by atoms with Crippen LogP contribution in [0, 0.1) is 0 Å². The van der Waals surface area contributed by atoms with E-state index in [0.717, 1.165) is 14.3 Å². The van der Waals surface area contributed by atoms with E-state index in [1.165, 1.54) is 12.8 Å². The molecule has 1 aromatic heterocycles. The van der Waals surface area contributed by atoms with Crippen LogP contribution in [0.15, 0.2) is 0 Å². The molecule has 2 aliphatic rings. The number of piperazine rings is 1. The molecule has 0 spiro atoms. The molecule has 0 N–H and O–H groups in total. The molecule has 1 aliphatic carbocycles. The minimum atomic E-state index is -4.54. The fourth-order valence-electron chi connectivity index (χ4n) is 2.12. The molecule has 2 heterocycles. The van der Waals surface area contributed by atoms with Crippen LogP contribution in [0.3, 0.4) is 0 Å². The van der Waals surface area contributed by atoms with E-state index < -0.39 is 10.4 Å². The van der Waals surface area contributed by atoms with E-state index in [0.29, 0.717) is 25.6 Å². The molecule has 0 radical (unpaired) electrons. The highest BCUT2D eigenvalue weighted by Gasteiger charge is 2.29. The van der Waals surface area contributed by atoms with Crippen molar-refractivity contribution in [2.24, 2.45) is 0 Å². The third-order valence-corrected chi connectivity index (χ3v) is 5.46. The Kier molecular flexibility index (Phi) is 3.54. The van der Waals surface area contributed by atoms with Gasteiger partial charge in [-0.15, -0.1) is 10.2 Å². The van der Waals surface area contributed by atoms with Crippen molar-refractivity contribution in [2.45, 2.75) is 25.3 Å². The summed E-state index contributed by atoms with van der Waals surface area (Å²) in [6.07, 6.45) is 2.42. The molecule has 0 bridgehead atoms. The Labute approximate surface area is 115 Å². The Morgan fingerprint density at radius 3 is 2.47 bits per heavy atom. The van der Waals surface area contributed by atoms with E-state index in [2.05, 4.69) is 15.1 Å². The molecule has 1 aliphatic heterocycles. The van der Waals surface area contributed by atoms with Crippen LogP contribution in [0.1, 0.15) is 28.8 Å². The van der Waals surface area contributed by atoms with E-state index in [9.17, 15) is 12.3 Å². The second-order valence-electron chi connectivity index (χ2n) is 4.93. The molecule has 3 rings (SSSR count). The lowest BCUT2D eigenvalue weighted by Gasteiger charge is -2.31. The van der Waals surface area contributed by atoms with Crippen LogP contribution in [-0.2, 0) is 17.0 Å². The summed E-state index contributed by atoms with van der Waals surface area (Å²) in [7, 11) is -4.54. The van der Waals surface area contributed by atoms with Gasteiger partial charge in [-0.2, -0.15) is 12.7 Å². The minimum absolute atomic E-state index is 0.202. The zero-order chi connectivity index (χ0) is 13.5. The molecule has 106 valence electrons. The van der Waals surface area contributed by atoms with E-state index in [1.54, 1.807) is 11.3 Å². The second-order valence-corrected chi connectivity index (χ2v) is 7.36. The van der Waals surface area contributed by atoms with Gasteiger partial charge in [0.15, 0.2) is 0 Å². The molecule has 19 heavy (non-hydrogen) atoms. The number of rotatable bonds is 4. The van der Waals surface area contributed by atoms with Crippen molar-refractivity contribution in [1.29, 1.82) is 0 Å². The fraction of sp³-hybridized carbons (Fsp3) is 0.800. The van der Waals surface area contributed by atoms with Crippen molar-refractivity contribution in [3.63, 3.8) is 0 Å². The summed E-state index contributed by atoms with van der Waals surface area (Å²) in [5, 5.41) is 10.4. The van der Waals surface area contributed by atoms with Crippen LogP contribution in [0.25, 0.3) is 0 Å². The van der Waals surface area contributed by atoms with Gasteiger partial charge in [-0.3, -0.25) is 4.90 Å². The molecule has 1 saturated carbocycles. The quantitative estimate of drug-likeness (QED) is 0.768. The monoisotopic (exact) mass is 306 g/mol. The van der Waals surface area contributed by atoms with Gasteiger partial charge in [-0.05, 0) is 12.8 Å². The average molecular weight is 306 g/mol. The normalized spacial score (nSPS) is 22.8. The predicted molar refractivity (Wildman–Crippen MR) is 68.8 cm³/mol. The molecular formula is C10H15FN4O2S2. The van der Waals surface area contributed by atoms with Crippen molar-refractivity contribution < 1.29 is 12.3 Å². The summed E-state index contributed by atoms with van der Waals surface area (Å²) in [4.78, 5) is 2.08. The van der Waals surface area contributed by atoms with Gasteiger partial charge in [-0.1, -0.05) is 15.2 Å². The maximum absolute atomic E-state index is 12.8.